The van der Waals surface area contributed by atoms with Crippen LogP contribution in [0.1, 0.15) is 25.7 Å². The zero-order valence-electron chi connectivity index (χ0n) is 17.2. The van der Waals surface area contributed by atoms with Gasteiger partial charge in [-0.05, 0) is 43.2 Å². The lowest BCUT2D eigenvalue weighted by Crippen LogP contribution is -2.31. The summed E-state index contributed by atoms with van der Waals surface area (Å²) in [7, 11) is -3.52. The molecule has 2 aromatic heterocycles. The smallest absolute Gasteiger partial charge is 0.277 e. The monoisotopic (exact) mass is 474 g/mol. The average molecular weight is 475 g/mol. The van der Waals surface area contributed by atoms with Gasteiger partial charge < -0.3 is 4.42 Å². The van der Waals surface area contributed by atoms with Crippen molar-refractivity contribution in [3.8, 4) is 11.5 Å². The lowest BCUT2D eigenvalue weighted by molar-refractivity contribution is -0.113. The van der Waals surface area contributed by atoms with Crippen LogP contribution in [0.15, 0.2) is 57.3 Å². The lowest BCUT2D eigenvalue weighted by Gasteiger charge is -2.19. The highest BCUT2D eigenvalue weighted by Crippen LogP contribution is 2.26. The Bertz CT molecular complexity index is 1140. The summed E-state index contributed by atoms with van der Waals surface area (Å²) in [6.07, 6.45) is 6.95. The van der Waals surface area contributed by atoms with E-state index in [1.807, 2.05) is 0 Å². The number of nitrogens with one attached hydrogen (secondary N) is 1. The molecule has 0 aliphatic carbocycles. The highest BCUT2D eigenvalue weighted by molar-refractivity contribution is 7.99. The van der Waals surface area contributed by atoms with Gasteiger partial charge in [0, 0.05) is 31.0 Å². The molecule has 0 radical (unpaired) electrons. The largest absolute Gasteiger partial charge is 0.411 e. The van der Waals surface area contributed by atoms with Gasteiger partial charge in [-0.3, -0.25) is 10.1 Å². The number of hydrogen-bond donors (Lipinski definition) is 1. The van der Waals surface area contributed by atoms with Gasteiger partial charge in [0.2, 0.25) is 27.8 Å². The molecule has 168 valence electrons. The predicted octanol–water partition coefficient (Wildman–Crippen LogP) is 2.82. The fraction of sp³-hybridized carbons (Fsp3) is 0.350. The number of anilines is 1. The molecule has 10 nitrogen and oxygen atoms in total. The number of amides is 1. The van der Waals surface area contributed by atoms with Gasteiger partial charge in [-0.25, -0.2) is 18.4 Å². The molecule has 0 bridgehead atoms. The molecule has 3 aromatic rings. The summed E-state index contributed by atoms with van der Waals surface area (Å²) in [5, 5.41) is 10.7. The first kappa shape index (κ1) is 22.4. The number of thioether (sulfide) groups is 1. The average Bonchev–Trinajstić information content (AvgIpc) is 3.10. The van der Waals surface area contributed by atoms with Crippen LogP contribution in [0.5, 0.6) is 0 Å². The molecule has 32 heavy (non-hydrogen) atoms. The third-order valence-electron chi connectivity index (χ3n) is 4.85. The van der Waals surface area contributed by atoms with Crippen LogP contribution in [0.3, 0.4) is 0 Å². The van der Waals surface area contributed by atoms with Gasteiger partial charge in [0.05, 0.1) is 10.6 Å². The fourth-order valence-electron chi connectivity index (χ4n) is 3.24. The second kappa shape index (κ2) is 10.2. The molecule has 1 aliphatic rings. The van der Waals surface area contributed by atoms with E-state index in [1.165, 1.54) is 12.4 Å². The Morgan fingerprint density at radius 1 is 1.03 bits per heavy atom. The summed E-state index contributed by atoms with van der Waals surface area (Å²) in [4.78, 5) is 20.1. The molecule has 1 saturated heterocycles. The number of hydrogen-bond acceptors (Lipinski definition) is 9. The quantitative estimate of drug-likeness (QED) is 0.513. The molecular weight excluding hydrogens is 452 g/mol. The van der Waals surface area contributed by atoms with Crippen LogP contribution in [-0.4, -0.2) is 57.6 Å². The first-order valence-corrected chi connectivity index (χ1v) is 12.6. The maximum Gasteiger partial charge on any atom is 0.277 e. The minimum absolute atomic E-state index is 0.0485. The minimum Gasteiger partial charge on any atom is -0.411 e. The first-order chi connectivity index (χ1) is 15.5. The number of nitrogens with zero attached hydrogens (tertiary/aromatic N) is 5. The fourth-order valence-corrected chi connectivity index (χ4v) is 5.32. The zero-order valence-corrected chi connectivity index (χ0v) is 18.8. The second-order valence-electron chi connectivity index (χ2n) is 7.13. The Balaban J connectivity index is 1.37. The highest BCUT2D eigenvalue weighted by Gasteiger charge is 2.25. The summed E-state index contributed by atoms with van der Waals surface area (Å²) < 4.78 is 32.9. The van der Waals surface area contributed by atoms with Crippen LogP contribution in [0, 0.1) is 0 Å². The van der Waals surface area contributed by atoms with Crippen molar-refractivity contribution in [2.45, 2.75) is 35.8 Å². The Morgan fingerprint density at radius 2 is 1.72 bits per heavy atom. The molecule has 3 heterocycles. The van der Waals surface area contributed by atoms with E-state index in [-0.39, 0.29) is 33.6 Å². The van der Waals surface area contributed by atoms with E-state index in [0.717, 1.165) is 37.4 Å². The maximum atomic E-state index is 12.9. The predicted molar refractivity (Wildman–Crippen MR) is 118 cm³/mol. The highest BCUT2D eigenvalue weighted by atomic mass is 32.2. The van der Waals surface area contributed by atoms with Gasteiger partial charge in [-0.15, -0.1) is 10.2 Å². The summed E-state index contributed by atoms with van der Waals surface area (Å²) in [6.45, 7) is 1.11. The van der Waals surface area contributed by atoms with E-state index in [1.54, 1.807) is 34.6 Å². The number of aromatic nitrogens is 4. The summed E-state index contributed by atoms with van der Waals surface area (Å²) in [5.41, 5.74) is 0.598. The van der Waals surface area contributed by atoms with Crippen molar-refractivity contribution >= 4 is 33.6 Å². The van der Waals surface area contributed by atoms with E-state index in [4.69, 9.17) is 4.42 Å². The molecule has 1 N–H and O–H groups in total. The molecule has 4 rings (SSSR count). The van der Waals surface area contributed by atoms with Crippen molar-refractivity contribution in [3.63, 3.8) is 0 Å². The minimum atomic E-state index is -3.52. The molecule has 1 aliphatic heterocycles. The molecular formula is C20H22N6O4S2. The van der Waals surface area contributed by atoms with Gasteiger partial charge in [0.15, 0.2) is 0 Å². The summed E-state index contributed by atoms with van der Waals surface area (Å²) >= 11 is 1.08. The Labute approximate surface area is 189 Å². The van der Waals surface area contributed by atoms with Crippen molar-refractivity contribution in [3.05, 3.63) is 42.7 Å². The molecule has 12 heteroatoms. The maximum absolute atomic E-state index is 12.9. The van der Waals surface area contributed by atoms with Crippen LogP contribution < -0.4 is 5.32 Å². The van der Waals surface area contributed by atoms with Crippen LogP contribution in [-0.2, 0) is 14.8 Å². The van der Waals surface area contributed by atoms with Crippen LogP contribution in [0.25, 0.3) is 11.5 Å². The van der Waals surface area contributed by atoms with Crippen LogP contribution in [0.2, 0.25) is 0 Å². The van der Waals surface area contributed by atoms with Crippen molar-refractivity contribution in [2.24, 2.45) is 0 Å². The number of carbonyl (C=O) groups is 1. The molecule has 1 aromatic carbocycles. The Hall–Kier alpha value is -2.83. The number of carbonyl (C=O) groups excluding carboxylic acids is 1. The Kier molecular flexibility index (Phi) is 7.12. The lowest BCUT2D eigenvalue weighted by atomic mass is 10.2. The summed E-state index contributed by atoms with van der Waals surface area (Å²) in [6, 6.07) is 8.05. The van der Waals surface area contributed by atoms with E-state index >= 15 is 0 Å². The SMILES string of the molecule is O=C(CSc1nnc(-c2ccc(S(=O)(=O)N3CCCCCC3)cc2)o1)Nc1ncccn1. The third-order valence-corrected chi connectivity index (χ3v) is 7.59. The molecule has 0 saturated carbocycles. The van der Waals surface area contributed by atoms with E-state index < -0.39 is 10.0 Å². The van der Waals surface area contributed by atoms with Crippen LogP contribution in [0.4, 0.5) is 5.95 Å². The van der Waals surface area contributed by atoms with Crippen molar-refractivity contribution in [1.82, 2.24) is 24.5 Å². The van der Waals surface area contributed by atoms with Crippen molar-refractivity contribution < 1.29 is 17.6 Å². The molecule has 0 unspecified atom stereocenters. The molecule has 0 spiro atoms. The topological polar surface area (TPSA) is 131 Å². The van der Waals surface area contributed by atoms with Gasteiger partial charge in [-0.2, -0.15) is 4.31 Å². The standard InChI is InChI=1S/C20H22N6O4S2/c27-17(23-19-21-10-5-11-22-19)14-31-20-25-24-18(30-20)15-6-8-16(9-7-15)32(28,29)26-12-3-1-2-4-13-26/h5-11H,1-4,12-14H2,(H,21,22,23,27). The molecule has 0 atom stereocenters. The number of benzene rings is 1. The van der Waals surface area contributed by atoms with Gasteiger partial charge in [-0.1, -0.05) is 24.6 Å². The van der Waals surface area contributed by atoms with Crippen molar-refractivity contribution in [2.75, 3.05) is 24.2 Å². The van der Waals surface area contributed by atoms with E-state index in [0.29, 0.717) is 18.7 Å². The molecule has 1 amide bonds. The third kappa shape index (κ3) is 5.50. The van der Waals surface area contributed by atoms with Crippen LogP contribution >= 0.6 is 11.8 Å². The number of sulfonamides is 1. The Morgan fingerprint density at radius 3 is 2.41 bits per heavy atom. The van der Waals surface area contributed by atoms with Gasteiger partial charge in [0.1, 0.15) is 0 Å². The van der Waals surface area contributed by atoms with Gasteiger partial charge >= 0.3 is 0 Å². The number of rotatable bonds is 7. The second-order valence-corrected chi connectivity index (χ2v) is 9.99. The normalized spacial score (nSPS) is 15.2. The molecule has 1 fully saturated rings. The zero-order chi connectivity index (χ0) is 22.4. The summed E-state index contributed by atoms with van der Waals surface area (Å²) in [5.74, 6) is 0.217. The van der Waals surface area contributed by atoms with E-state index in [2.05, 4.69) is 25.5 Å². The van der Waals surface area contributed by atoms with E-state index in [9.17, 15) is 13.2 Å². The van der Waals surface area contributed by atoms with Gasteiger partial charge in [0.25, 0.3) is 5.22 Å². The first-order valence-electron chi connectivity index (χ1n) is 10.2. The van der Waals surface area contributed by atoms with Crippen molar-refractivity contribution in [1.29, 1.82) is 0 Å².